The van der Waals surface area contributed by atoms with Crippen molar-refractivity contribution in [2.75, 3.05) is 26.7 Å². The standard InChI is InChI=1S/C12H29N5/c1-10(2)9-15-12(16-13)14-7-6-8-17(5)11(3)4/h10-11H,6-9,13H2,1-5H3,(H2,14,15,16). The van der Waals surface area contributed by atoms with E-state index in [0.29, 0.717) is 17.9 Å². The van der Waals surface area contributed by atoms with Crippen molar-refractivity contribution in [3.8, 4) is 0 Å². The number of hydrazine groups is 1. The van der Waals surface area contributed by atoms with Gasteiger partial charge in [0.05, 0.1) is 0 Å². The minimum Gasteiger partial charge on any atom is -0.355 e. The van der Waals surface area contributed by atoms with Crippen LogP contribution in [-0.2, 0) is 0 Å². The lowest BCUT2D eigenvalue weighted by Crippen LogP contribution is -2.43. The largest absolute Gasteiger partial charge is 0.355 e. The Hall–Kier alpha value is -0.810. The first-order valence-corrected chi connectivity index (χ1v) is 6.42. The Bertz CT molecular complexity index is 213. The van der Waals surface area contributed by atoms with E-state index in [-0.39, 0.29) is 0 Å². The van der Waals surface area contributed by atoms with E-state index in [9.17, 15) is 0 Å². The molecule has 0 radical (unpaired) electrons. The van der Waals surface area contributed by atoms with Gasteiger partial charge in [0, 0.05) is 19.1 Å². The molecule has 0 saturated heterocycles. The lowest BCUT2D eigenvalue weighted by molar-refractivity contribution is 0.271. The van der Waals surface area contributed by atoms with Crippen LogP contribution >= 0.6 is 0 Å². The predicted molar refractivity (Wildman–Crippen MR) is 74.8 cm³/mol. The molecule has 0 unspecified atom stereocenters. The fourth-order valence-corrected chi connectivity index (χ4v) is 1.22. The van der Waals surface area contributed by atoms with Gasteiger partial charge in [-0.25, -0.2) is 5.84 Å². The number of hydrogen-bond donors (Lipinski definition) is 3. The molecule has 0 saturated carbocycles. The molecule has 4 N–H and O–H groups in total. The molecule has 0 aromatic rings. The first-order valence-electron chi connectivity index (χ1n) is 6.42. The van der Waals surface area contributed by atoms with Crippen molar-refractivity contribution < 1.29 is 0 Å². The predicted octanol–water partition coefficient (Wildman–Crippen LogP) is 0.782. The number of nitrogens with one attached hydrogen (secondary N) is 2. The molecule has 0 fully saturated rings. The Labute approximate surface area is 106 Å². The van der Waals surface area contributed by atoms with Crippen molar-refractivity contribution in [2.45, 2.75) is 40.2 Å². The zero-order chi connectivity index (χ0) is 13.3. The van der Waals surface area contributed by atoms with Gasteiger partial charge in [-0.2, -0.15) is 0 Å². The first-order chi connectivity index (χ1) is 7.97. The molecular weight excluding hydrogens is 214 g/mol. The number of nitrogens with zero attached hydrogens (tertiary/aromatic N) is 2. The van der Waals surface area contributed by atoms with E-state index in [1.165, 1.54) is 0 Å². The van der Waals surface area contributed by atoms with Crippen LogP contribution < -0.4 is 16.6 Å². The summed E-state index contributed by atoms with van der Waals surface area (Å²) in [4.78, 5) is 6.67. The third-order valence-corrected chi connectivity index (χ3v) is 2.61. The second-order valence-corrected chi connectivity index (χ2v) is 5.08. The fraction of sp³-hybridized carbons (Fsp3) is 0.917. The Kier molecular flexibility index (Phi) is 8.80. The summed E-state index contributed by atoms with van der Waals surface area (Å²) < 4.78 is 0. The Morgan fingerprint density at radius 2 is 1.94 bits per heavy atom. The van der Waals surface area contributed by atoms with Crippen LogP contribution in [0.5, 0.6) is 0 Å². The normalized spacial score (nSPS) is 12.6. The quantitative estimate of drug-likeness (QED) is 0.203. The van der Waals surface area contributed by atoms with Gasteiger partial charge in [0.1, 0.15) is 0 Å². The monoisotopic (exact) mass is 243 g/mol. The van der Waals surface area contributed by atoms with Crippen LogP contribution in [0.25, 0.3) is 0 Å². The molecular formula is C12H29N5. The maximum Gasteiger partial charge on any atom is 0.205 e. The molecule has 0 rings (SSSR count). The van der Waals surface area contributed by atoms with E-state index in [1.807, 2.05) is 0 Å². The number of nitrogens with two attached hydrogens (primary N) is 1. The summed E-state index contributed by atoms with van der Waals surface area (Å²) in [5.74, 6) is 6.63. The first kappa shape index (κ1) is 16.2. The highest BCUT2D eigenvalue weighted by Crippen LogP contribution is 1.94. The highest BCUT2D eigenvalue weighted by Gasteiger charge is 2.02. The maximum absolute atomic E-state index is 5.40. The highest BCUT2D eigenvalue weighted by molar-refractivity contribution is 5.79. The summed E-state index contributed by atoms with van der Waals surface area (Å²) in [6.07, 6.45) is 1.08. The van der Waals surface area contributed by atoms with Crippen LogP contribution in [-0.4, -0.2) is 43.6 Å². The summed E-state index contributed by atoms with van der Waals surface area (Å²) >= 11 is 0. The summed E-state index contributed by atoms with van der Waals surface area (Å²) in [7, 11) is 2.14. The molecule has 0 aromatic carbocycles. The zero-order valence-corrected chi connectivity index (χ0v) is 12.0. The van der Waals surface area contributed by atoms with Gasteiger partial charge in [-0.1, -0.05) is 13.8 Å². The van der Waals surface area contributed by atoms with Crippen molar-refractivity contribution in [1.82, 2.24) is 15.6 Å². The SMILES string of the molecule is CC(C)CN=C(NN)NCCCN(C)C(C)C. The molecule has 0 spiro atoms. The van der Waals surface area contributed by atoms with Gasteiger partial charge >= 0.3 is 0 Å². The summed E-state index contributed by atoms with van der Waals surface area (Å²) in [5.41, 5.74) is 2.59. The van der Waals surface area contributed by atoms with E-state index in [2.05, 4.69) is 55.4 Å². The molecule has 0 amide bonds. The van der Waals surface area contributed by atoms with E-state index in [4.69, 9.17) is 5.84 Å². The summed E-state index contributed by atoms with van der Waals surface area (Å²) in [6, 6.07) is 0.594. The van der Waals surface area contributed by atoms with Crippen LogP contribution in [0.15, 0.2) is 4.99 Å². The van der Waals surface area contributed by atoms with Crippen LogP contribution in [0.4, 0.5) is 0 Å². The molecule has 0 aliphatic rings. The molecule has 0 aromatic heterocycles. The van der Waals surface area contributed by atoms with Gasteiger partial charge in [-0.3, -0.25) is 10.4 Å². The van der Waals surface area contributed by atoms with Gasteiger partial charge in [-0.05, 0) is 39.8 Å². The molecule has 0 aliphatic heterocycles. The maximum atomic E-state index is 5.40. The lowest BCUT2D eigenvalue weighted by atomic mass is 10.2. The van der Waals surface area contributed by atoms with Crippen molar-refractivity contribution in [1.29, 1.82) is 0 Å². The average molecular weight is 243 g/mol. The molecule has 0 aliphatic carbocycles. The number of guanidine groups is 1. The molecule has 0 bridgehead atoms. The van der Waals surface area contributed by atoms with Gasteiger partial charge in [-0.15, -0.1) is 0 Å². The van der Waals surface area contributed by atoms with Crippen LogP contribution in [0.3, 0.4) is 0 Å². The van der Waals surface area contributed by atoms with Gasteiger partial charge in [0.2, 0.25) is 5.96 Å². The minimum atomic E-state index is 0.548. The topological polar surface area (TPSA) is 65.7 Å². The Morgan fingerprint density at radius 3 is 2.41 bits per heavy atom. The Morgan fingerprint density at radius 1 is 1.29 bits per heavy atom. The summed E-state index contributed by atoms with van der Waals surface area (Å²) in [5, 5.41) is 3.21. The zero-order valence-electron chi connectivity index (χ0n) is 12.0. The van der Waals surface area contributed by atoms with E-state index in [1.54, 1.807) is 0 Å². The molecule has 102 valence electrons. The molecule has 17 heavy (non-hydrogen) atoms. The van der Waals surface area contributed by atoms with Crippen molar-refractivity contribution in [3.63, 3.8) is 0 Å². The number of hydrogen-bond acceptors (Lipinski definition) is 3. The minimum absolute atomic E-state index is 0.548. The number of rotatable bonds is 7. The molecule has 5 nitrogen and oxygen atoms in total. The van der Waals surface area contributed by atoms with Crippen molar-refractivity contribution >= 4 is 5.96 Å². The highest BCUT2D eigenvalue weighted by atomic mass is 15.3. The van der Waals surface area contributed by atoms with Crippen molar-refractivity contribution in [3.05, 3.63) is 0 Å². The fourth-order valence-electron chi connectivity index (χ4n) is 1.22. The van der Waals surface area contributed by atoms with E-state index >= 15 is 0 Å². The molecule has 5 heteroatoms. The summed E-state index contributed by atoms with van der Waals surface area (Å²) in [6.45, 7) is 11.4. The average Bonchev–Trinajstić information content (AvgIpc) is 2.27. The second kappa shape index (κ2) is 9.24. The van der Waals surface area contributed by atoms with Crippen LogP contribution in [0, 0.1) is 5.92 Å². The molecule has 0 atom stereocenters. The van der Waals surface area contributed by atoms with E-state index in [0.717, 1.165) is 26.1 Å². The van der Waals surface area contributed by atoms with Crippen LogP contribution in [0.1, 0.15) is 34.1 Å². The van der Waals surface area contributed by atoms with Crippen molar-refractivity contribution in [2.24, 2.45) is 16.8 Å². The third kappa shape index (κ3) is 8.94. The van der Waals surface area contributed by atoms with Gasteiger partial charge < -0.3 is 10.2 Å². The Balaban J connectivity index is 3.74. The lowest BCUT2D eigenvalue weighted by Gasteiger charge is -2.21. The second-order valence-electron chi connectivity index (χ2n) is 5.08. The van der Waals surface area contributed by atoms with E-state index < -0.39 is 0 Å². The number of aliphatic imine (C=N–C) groups is 1. The van der Waals surface area contributed by atoms with Crippen LogP contribution in [0.2, 0.25) is 0 Å². The van der Waals surface area contributed by atoms with Gasteiger partial charge in [0.15, 0.2) is 0 Å². The molecule has 0 heterocycles. The third-order valence-electron chi connectivity index (χ3n) is 2.61. The smallest absolute Gasteiger partial charge is 0.205 e. The van der Waals surface area contributed by atoms with Gasteiger partial charge in [0.25, 0.3) is 0 Å².